The minimum Gasteiger partial charge on any atom is -0.466 e. The summed E-state index contributed by atoms with van der Waals surface area (Å²) < 4.78 is 10.1. The summed E-state index contributed by atoms with van der Waals surface area (Å²) in [5.74, 6) is -1.10. The number of hydrogen-bond acceptors (Lipinski definition) is 5. The van der Waals surface area contributed by atoms with E-state index in [0.717, 1.165) is 0 Å². The Morgan fingerprint density at radius 3 is 2.00 bits per heavy atom. The van der Waals surface area contributed by atoms with Gasteiger partial charge in [-0.05, 0) is 38.5 Å². The molecular weight excluding hydrogens is 294 g/mol. The van der Waals surface area contributed by atoms with Crippen molar-refractivity contribution in [3.8, 4) is 6.07 Å². The van der Waals surface area contributed by atoms with E-state index < -0.39 is 23.3 Å². The summed E-state index contributed by atoms with van der Waals surface area (Å²) in [6.07, 6.45) is 0.956. The van der Waals surface area contributed by atoms with E-state index in [-0.39, 0.29) is 25.6 Å². The Morgan fingerprint density at radius 1 is 1.04 bits per heavy atom. The van der Waals surface area contributed by atoms with Crippen LogP contribution in [0, 0.1) is 34.5 Å². The van der Waals surface area contributed by atoms with Gasteiger partial charge in [0.1, 0.15) is 0 Å². The van der Waals surface area contributed by atoms with Crippen LogP contribution in [-0.4, -0.2) is 25.2 Å². The summed E-state index contributed by atoms with van der Waals surface area (Å²) in [6, 6.07) is 2.42. The van der Waals surface area contributed by atoms with Gasteiger partial charge in [-0.2, -0.15) is 5.26 Å². The maximum Gasteiger partial charge on any atom is 0.309 e. The molecule has 0 saturated heterocycles. The van der Waals surface area contributed by atoms with Crippen LogP contribution >= 0.6 is 0 Å². The molecule has 0 aromatic rings. The maximum atomic E-state index is 12.2. The van der Waals surface area contributed by atoms with Crippen LogP contribution in [0.5, 0.6) is 0 Å². The topological polar surface area (TPSA) is 76.4 Å². The number of ether oxygens (including phenoxy) is 2. The van der Waals surface area contributed by atoms with Crippen LogP contribution in [0.4, 0.5) is 0 Å². The highest BCUT2D eigenvalue weighted by atomic mass is 16.5. The van der Waals surface area contributed by atoms with Crippen molar-refractivity contribution in [3.63, 3.8) is 0 Å². The van der Waals surface area contributed by atoms with Crippen molar-refractivity contribution in [3.05, 3.63) is 0 Å². The largest absolute Gasteiger partial charge is 0.466 e. The number of nitriles is 1. The Hall–Kier alpha value is -1.57. The lowest BCUT2D eigenvalue weighted by Gasteiger charge is -2.34. The van der Waals surface area contributed by atoms with Gasteiger partial charge in [-0.1, -0.05) is 27.7 Å². The summed E-state index contributed by atoms with van der Waals surface area (Å²) >= 11 is 0. The Kier molecular flexibility index (Phi) is 9.55. The Labute approximate surface area is 140 Å². The maximum absolute atomic E-state index is 12.2. The number of carbonyl (C=O) groups excluding carboxylic acids is 2. The van der Waals surface area contributed by atoms with Gasteiger partial charge in [-0.3, -0.25) is 9.59 Å². The SMILES string of the molecule is CCOC(=O)CC(CC(C#N)(CC(C)C)C(C)C)C(=O)OCC. The van der Waals surface area contributed by atoms with Crippen molar-refractivity contribution in [2.24, 2.45) is 23.2 Å². The first-order valence-corrected chi connectivity index (χ1v) is 8.45. The van der Waals surface area contributed by atoms with Crippen molar-refractivity contribution >= 4 is 11.9 Å². The number of nitrogens with zero attached hydrogens (tertiary/aromatic N) is 1. The molecule has 0 radical (unpaired) electrons. The van der Waals surface area contributed by atoms with E-state index in [0.29, 0.717) is 18.8 Å². The first-order chi connectivity index (χ1) is 10.7. The van der Waals surface area contributed by atoms with E-state index in [9.17, 15) is 14.9 Å². The second-order valence-electron chi connectivity index (χ2n) is 6.68. The number of rotatable bonds is 10. The lowest BCUT2D eigenvalue weighted by molar-refractivity contribution is -0.156. The Balaban J connectivity index is 5.38. The molecule has 0 saturated carbocycles. The number of carbonyl (C=O) groups is 2. The zero-order valence-corrected chi connectivity index (χ0v) is 15.3. The first-order valence-electron chi connectivity index (χ1n) is 8.45. The predicted octanol–water partition coefficient (Wildman–Crippen LogP) is 3.72. The third-order valence-electron chi connectivity index (χ3n) is 4.05. The molecular formula is C18H31NO4. The molecule has 5 heteroatoms. The third kappa shape index (κ3) is 7.02. The fourth-order valence-electron chi connectivity index (χ4n) is 2.86. The molecule has 0 fully saturated rings. The second-order valence-corrected chi connectivity index (χ2v) is 6.68. The molecule has 0 aromatic carbocycles. The molecule has 5 nitrogen and oxygen atoms in total. The molecule has 2 unspecified atom stereocenters. The molecule has 0 spiro atoms. The van der Waals surface area contributed by atoms with Crippen molar-refractivity contribution < 1.29 is 19.1 Å². The van der Waals surface area contributed by atoms with Gasteiger partial charge in [0, 0.05) is 0 Å². The number of hydrogen-bond donors (Lipinski definition) is 0. The second kappa shape index (κ2) is 10.3. The van der Waals surface area contributed by atoms with Crippen LogP contribution in [0.15, 0.2) is 0 Å². The quantitative estimate of drug-likeness (QED) is 0.572. The standard InChI is InChI=1S/C18H31NO4/c1-7-22-16(20)9-15(17(21)23-8-2)11-18(12-19,14(5)6)10-13(3)4/h13-15H,7-11H2,1-6H3. The molecule has 0 aliphatic heterocycles. The minimum absolute atomic E-state index is 0.0408. The minimum atomic E-state index is -0.655. The molecule has 0 aliphatic carbocycles. The zero-order chi connectivity index (χ0) is 18.0. The molecule has 0 aromatic heterocycles. The van der Waals surface area contributed by atoms with Crippen LogP contribution in [0.1, 0.15) is 60.8 Å². The average molecular weight is 325 g/mol. The summed E-state index contributed by atoms with van der Waals surface area (Å²) in [5, 5.41) is 9.78. The Morgan fingerprint density at radius 2 is 1.61 bits per heavy atom. The van der Waals surface area contributed by atoms with E-state index >= 15 is 0 Å². The van der Waals surface area contributed by atoms with Crippen molar-refractivity contribution in [1.82, 2.24) is 0 Å². The molecule has 0 rings (SSSR count). The highest BCUT2D eigenvalue weighted by Gasteiger charge is 2.40. The van der Waals surface area contributed by atoms with Gasteiger partial charge in [-0.15, -0.1) is 0 Å². The van der Waals surface area contributed by atoms with E-state index in [1.54, 1.807) is 13.8 Å². The van der Waals surface area contributed by atoms with Crippen LogP contribution in [0.3, 0.4) is 0 Å². The van der Waals surface area contributed by atoms with E-state index in [1.165, 1.54) is 0 Å². The average Bonchev–Trinajstić information content (AvgIpc) is 2.45. The van der Waals surface area contributed by atoms with Gasteiger partial charge in [-0.25, -0.2) is 0 Å². The van der Waals surface area contributed by atoms with Crippen molar-refractivity contribution in [2.45, 2.75) is 60.8 Å². The summed E-state index contributed by atoms with van der Waals surface area (Å²) in [6.45, 7) is 12.1. The molecule has 0 bridgehead atoms. The molecule has 0 aliphatic rings. The molecule has 0 amide bonds. The van der Waals surface area contributed by atoms with Crippen molar-refractivity contribution in [2.75, 3.05) is 13.2 Å². The van der Waals surface area contributed by atoms with Crippen LogP contribution in [0.2, 0.25) is 0 Å². The van der Waals surface area contributed by atoms with Gasteiger partial charge in [0.15, 0.2) is 0 Å². The molecule has 132 valence electrons. The fourth-order valence-corrected chi connectivity index (χ4v) is 2.86. The van der Waals surface area contributed by atoms with E-state index in [2.05, 4.69) is 19.9 Å². The number of esters is 2. The van der Waals surface area contributed by atoms with Gasteiger partial charge in [0.25, 0.3) is 0 Å². The van der Waals surface area contributed by atoms with E-state index in [4.69, 9.17) is 9.47 Å². The molecule has 0 N–H and O–H groups in total. The summed E-state index contributed by atoms with van der Waals surface area (Å²) in [4.78, 5) is 24.1. The molecule has 0 heterocycles. The smallest absolute Gasteiger partial charge is 0.309 e. The van der Waals surface area contributed by atoms with Crippen LogP contribution in [0.25, 0.3) is 0 Å². The predicted molar refractivity (Wildman–Crippen MR) is 88.3 cm³/mol. The molecule has 23 heavy (non-hydrogen) atoms. The van der Waals surface area contributed by atoms with Gasteiger partial charge in [0.05, 0.1) is 37.0 Å². The highest BCUT2D eigenvalue weighted by Crippen LogP contribution is 2.41. The molecule has 2 atom stereocenters. The first kappa shape index (κ1) is 21.4. The lowest BCUT2D eigenvalue weighted by atomic mass is 9.67. The highest BCUT2D eigenvalue weighted by molar-refractivity contribution is 5.80. The van der Waals surface area contributed by atoms with Crippen LogP contribution in [-0.2, 0) is 19.1 Å². The summed E-state index contributed by atoms with van der Waals surface area (Å²) in [5.41, 5.74) is -0.655. The fraction of sp³-hybridized carbons (Fsp3) is 0.833. The monoisotopic (exact) mass is 325 g/mol. The van der Waals surface area contributed by atoms with Gasteiger partial charge >= 0.3 is 11.9 Å². The van der Waals surface area contributed by atoms with Gasteiger partial charge < -0.3 is 9.47 Å². The van der Waals surface area contributed by atoms with Gasteiger partial charge in [0.2, 0.25) is 0 Å². The van der Waals surface area contributed by atoms with E-state index in [1.807, 2.05) is 13.8 Å². The lowest BCUT2D eigenvalue weighted by Crippen LogP contribution is -2.34. The summed E-state index contributed by atoms with van der Waals surface area (Å²) in [7, 11) is 0. The van der Waals surface area contributed by atoms with Crippen LogP contribution < -0.4 is 0 Å². The van der Waals surface area contributed by atoms with Crippen molar-refractivity contribution in [1.29, 1.82) is 5.26 Å². The zero-order valence-electron chi connectivity index (χ0n) is 15.3. The Bertz CT molecular complexity index is 425. The normalized spacial score (nSPS) is 14.9. The third-order valence-corrected chi connectivity index (χ3v) is 4.05.